The summed E-state index contributed by atoms with van der Waals surface area (Å²) in [6.45, 7) is 5.56. The van der Waals surface area contributed by atoms with E-state index in [0.717, 1.165) is 38.1 Å². The van der Waals surface area contributed by atoms with E-state index in [-0.39, 0.29) is 5.92 Å². The predicted molar refractivity (Wildman–Crippen MR) is 70.1 cm³/mol. The summed E-state index contributed by atoms with van der Waals surface area (Å²) in [5, 5.41) is 12.5. The summed E-state index contributed by atoms with van der Waals surface area (Å²) in [4.78, 5) is 10.9. The van der Waals surface area contributed by atoms with Gasteiger partial charge in [0.25, 0.3) is 0 Å². The van der Waals surface area contributed by atoms with Crippen molar-refractivity contribution in [3.05, 3.63) is 0 Å². The molecule has 2 N–H and O–H groups in total. The summed E-state index contributed by atoms with van der Waals surface area (Å²) >= 11 is 0. The zero-order valence-electron chi connectivity index (χ0n) is 11.2. The van der Waals surface area contributed by atoms with Crippen molar-refractivity contribution in [3.8, 4) is 0 Å². The average Bonchev–Trinajstić information content (AvgIpc) is 2.28. The van der Waals surface area contributed by atoms with E-state index in [4.69, 9.17) is 5.11 Å². The molecule has 0 spiro atoms. The Morgan fingerprint density at radius 1 is 1.35 bits per heavy atom. The Bertz CT molecular complexity index is 228. The van der Waals surface area contributed by atoms with E-state index in [0.29, 0.717) is 6.04 Å². The highest BCUT2D eigenvalue weighted by atomic mass is 16.4. The fourth-order valence-corrected chi connectivity index (χ4v) is 2.58. The van der Waals surface area contributed by atoms with Gasteiger partial charge < -0.3 is 10.4 Å². The fourth-order valence-electron chi connectivity index (χ4n) is 2.58. The third-order valence-electron chi connectivity index (χ3n) is 3.66. The molecule has 0 amide bonds. The van der Waals surface area contributed by atoms with Gasteiger partial charge in [-0.05, 0) is 38.1 Å². The van der Waals surface area contributed by atoms with E-state index in [2.05, 4.69) is 19.2 Å². The van der Waals surface area contributed by atoms with Crippen LogP contribution in [-0.4, -0.2) is 23.7 Å². The molecular weight excluding hydrogens is 214 g/mol. The highest BCUT2D eigenvalue weighted by Gasteiger charge is 2.26. The highest BCUT2D eigenvalue weighted by molar-refractivity contribution is 5.70. The molecule has 0 aromatic carbocycles. The molecule has 2 unspecified atom stereocenters. The van der Waals surface area contributed by atoms with Crippen molar-refractivity contribution in [3.63, 3.8) is 0 Å². The summed E-state index contributed by atoms with van der Waals surface area (Å²) in [6, 6.07) is 0.434. The van der Waals surface area contributed by atoms with Gasteiger partial charge in [-0.1, -0.05) is 33.1 Å². The number of carboxylic acid groups (broad SMARTS) is 1. The minimum absolute atomic E-state index is 0.114. The Balaban J connectivity index is 2.08. The number of unbranched alkanes of at least 4 members (excludes halogenated alkanes) is 1. The molecule has 0 aromatic rings. The lowest BCUT2D eigenvalue weighted by Gasteiger charge is -2.27. The van der Waals surface area contributed by atoms with E-state index < -0.39 is 5.97 Å². The van der Waals surface area contributed by atoms with Gasteiger partial charge in [0.2, 0.25) is 0 Å². The minimum atomic E-state index is -0.615. The van der Waals surface area contributed by atoms with Crippen molar-refractivity contribution in [1.82, 2.24) is 5.32 Å². The van der Waals surface area contributed by atoms with Crippen LogP contribution in [0.15, 0.2) is 0 Å². The molecule has 17 heavy (non-hydrogen) atoms. The van der Waals surface area contributed by atoms with Crippen LogP contribution in [-0.2, 0) is 4.79 Å². The van der Waals surface area contributed by atoms with Gasteiger partial charge in [-0.2, -0.15) is 0 Å². The van der Waals surface area contributed by atoms with E-state index >= 15 is 0 Å². The number of rotatable bonds is 7. The number of hydrogen-bond donors (Lipinski definition) is 2. The SMILES string of the molecule is CC(C)CCCCNC1CCCC(C(=O)O)C1. The van der Waals surface area contributed by atoms with E-state index in [9.17, 15) is 4.79 Å². The Labute approximate surface area is 105 Å². The Hall–Kier alpha value is -0.570. The number of aliphatic carboxylic acids is 1. The molecule has 1 aliphatic carbocycles. The normalized spacial score (nSPS) is 25.1. The first-order chi connectivity index (χ1) is 8.09. The summed E-state index contributed by atoms with van der Waals surface area (Å²) in [7, 11) is 0. The lowest BCUT2D eigenvalue weighted by molar-refractivity contribution is -0.143. The van der Waals surface area contributed by atoms with Gasteiger partial charge in [0.1, 0.15) is 0 Å². The minimum Gasteiger partial charge on any atom is -0.481 e. The van der Waals surface area contributed by atoms with Crippen molar-refractivity contribution in [2.75, 3.05) is 6.54 Å². The maximum absolute atomic E-state index is 10.9. The second kappa shape index (κ2) is 7.70. The molecular formula is C14H27NO2. The lowest BCUT2D eigenvalue weighted by Crippen LogP contribution is -2.36. The molecule has 1 rings (SSSR count). The van der Waals surface area contributed by atoms with Crippen LogP contribution in [0.2, 0.25) is 0 Å². The maximum Gasteiger partial charge on any atom is 0.306 e. The molecule has 2 atom stereocenters. The first kappa shape index (κ1) is 14.5. The van der Waals surface area contributed by atoms with E-state index in [1.54, 1.807) is 0 Å². The van der Waals surface area contributed by atoms with Gasteiger partial charge in [-0.25, -0.2) is 0 Å². The molecule has 100 valence electrons. The van der Waals surface area contributed by atoms with Crippen LogP contribution in [0.3, 0.4) is 0 Å². The third-order valence-corrected chi connectivity index (χ3v) is 3.66. The average molecular weight is 241 g/mol. The van der Waals surface area contributed by atoms with Crippen LogP contribution < -0.4 is 5.32 Å². The zero-order chi connectivity index (χ0) is 12.7. The number of carboxylic acids is 1. The van der Waals surface area contributed by atoms with Crippen molar-refractivity contribution in [2.24, 2.45) is 11.8 Å². The first-order valence-corrected chi connectivity index (χ1v) is 7.05. The Morgan fingerprint density at radius 2 is 2.12 bits per heavy atom. The first-order valence-electron chi connectivity index (χ1n) is 7.05. The van der Waals surface area contributed by atoms with Crippen molar-refractivity contribution in [1.29, 1.82) is 0 Å². The Kier molecular flexibility index (Phi) is 6.56. The molecule has 0 saturated heterocycles. The zero-order valence-corrected chi connectivity index (χ0v) is 11.2. The van der Waals surface area contributed by atoms with E-state index in [1.807, 2.05) is 0 Å². The topological polar surface area (TPSA) is 49.3 Å². The summed E-state index contributed by atoms with van der Waals surface area (Å²) in [5.74, 6) is 0.0642. The van der Waals surface area contributed by atoms with Crippen LogP contribution in [0.5, 0.6) is 0 Å². The summed E-state index contributed by atoms with van der Waals surface area (Å²) in [6.07, 6.45) is 7.67. The van der Waals surface area contributed by atoms with Gasteiger partial charge in [0, 0.05) is 6.04 Å². The molecule has 0 bridgehead atoms. The van der Waals surface area contributed by atoms with Gasteiger partial charge in [-0.15, -0.1) is 0 Å². The van der Waals surface area contributed by atoms with E-state index in [1.165, 1.54) is 19.3 Å². The van der Waals surface area contributed by atoms with Crippen molar-refractivity contribution in [2.45, 2.75) is 64.8 Å². The largest absolute Gasteiger partial charge is 0.481 e. The van der Waals surface area contributed by atoms with Gasteiger partial charge in [-0.3, -0.25) is 4.79 Å². The van der Waals surface area contributed by atoms with Crippen LogP contribution in [0.4, 0.5) is 0 Å². The molecule has 0 heterocycles. The monoisotopic (exact) mass is 241 g/mol. The van der Waals surface area contributed by atoms with Crippen LogP contribution >= 0.6 is 0 Å². The second-order valence-corrected chi connectivity index (χ2v) is 5.74. The molecule has 1 fully saturated rings. The number of hydrogen-bond acceptors (Lipinski definition) is 2. The van der Waals surface area contributed by atoms with Crippen LogP contribution in [0, 0.1) is 11.8 Å². The number of carbonyl (C=O) groups is 1. The van der Waals surface area contributed by atoms with Crippen LogP contribution in [0.1, 0.15) is 58.8 Å². The van der Waals surface area contributed by atoms with Crippen molar-refractivity contribution < 1.29 is 9.90 Å². The molecule has 0 radical (unpaired) electrons. The molecule has 1 aliphatic rings. The highest BCUT2D eigenvalue weighted by Crippen LogP contribution is 2.24. The smallest absolute Gasteiger partial charge is 0.306 e. The summed E-state index contributed by atoms with van der Waals surface area (Å²) in [5.41, 5.74) is 0. The Morgan fingerprint density at radius 3 is 2.76 bits per heavy atom. The standard InChI is InChI=1S/C14H27NO2/c1-11(2)6-3-4-9-15-13-8-5-7-12(10-13)14(16)17/h11-13,15H,3-10H2,1-2H3,(H,16,17). The quantitative estimate of drug-likeness (QED) is 0.674. The molecule has 0 aromatic heterocycles. The summed E-state index contributed by atoms with van der Waals surface area (Å²) < 4.78 is 0. The number of nitrogens with one attached hydrogen (secondary N) is 1. The van der Waals surface area contributed by atoms with Gasteiger partial charge >= 0.3 is 5.97 Å². The van der Waals surface area contributed by atoms with Gasteiger partial charge in [0.05, 0.1) is 5.92 Å². The molecule has 3 nitrogen and oxygen atoms in total. The molecule has 3 heteroatoms. The predicted octanol–water partition coefficient (Wildman–Crippen LogP) is 3.05. The van der Waals surface area contributed by atoms with Crippen LogP contribution in [0.25, 0.3) is 0 Å². The third kappa shape index (κ3) is 6.06. The second-order valence-electron chi connectivity index (χ2n) is 5.74. The van der Waals surface area contributed by atoms with Gasteiger partial charge in [0.15, 0.2) is 0 Å². The maximum atomic E-state index is 10.9. The molecule has 0 aliphatic heterocycles. The fraction of sp³-hybridized carbons (Fsp3) is 0.929. The lowest BCUT2D eigenvalue weighted by atomic mass is 9.86. The molecule has 1 saturated carbocycles. The van der Waals surface area contributed by atoms with Crippen molar-refractivity contribution >= 4 is 5.97 Å².